The van der Waals surface area contributed by atoms with E-state index in [9.17, 15) is 23.1 Å². The quantitative estimate of drug-likeness (QED) is 0.428. The highest BCUT2D eigenvalue weighted by Crippen LogP contribution is 2.35. The fourth-order valence-corrected chi connectivity index (χ4v) is 5.68. The lowest BCUT2D eigenvalue weighted by Crippen LogP contribution is -2.50. The second kappa shape index (κ2) is 12.2. The Morgan fingerprint density at radius 2 is 1.85 bits per heavy atom. The largest absolute Gasteiger partial charge is 0.486 e. The van der Waals surface area contributed by atoms with Crippen molar-refractivity contribution in [1.82, 2.24) is 14.2 Å². The summed E-state index contributed by atoms with van der Waals surface area (Å²) in [6, 6.07) is 14.1. The molecule has 4 rings (SSSR count). The van der Waals surface area contributed by atoms with E-state index in [1.165, 1.54) is 23.7 Å². The Bertz CT molecular complexity index is 1460. The maximum absolute atomic E-state index is 13.7. The van der Waals surface area contributed by atoms with Crippen molar-refractivity contribution in [2.24, 2.45) is 5.92 Å². The molecule has 3 aromatic rings. The summed E-state index contributed by atoms with van der Waals surface area (Å²) in [7, 11) is -2.34. The first-order chi connectivity index (χ1) is 19.0. The molecule has 1 aliphatic heterocycles. The molecule has 0 spiro atoms. The number of aliphatic hydroxyl groups excluding tert-OH is 1. The highest BCUT2D eigenvalue weighted by atomic mass is 32.2. The number of carbonyl (C=O) groups excluding carboxylic acids is 2. The molecule has 0 bridgehead atoms. The van der Waals surface area contributed by atoms with E-state index in [-0.39, 0.29) is 53.4 Å². The normalized spacial score (nSPS) is 18.4. The molecule has 3 atom stereocenters. The lowest BCUT2D eigenvalue weighted by molar-refractivity contribution is 0.0388. The van der Waals surface area contributed by atoms with Crippen LogP contribution in [-0.4, -0.2) is 78.4 Å². The number of hydrogen-bond acceptors (Lipinski definition) is 7. The van der Waals surface area contributed by atoms with Crippen LogP contribution in [0.25, 0.3) is 0 Å². The third-order valence-electron chi connectivity index (χ3n) is 7.05. The monoisotopic (exact) mass is 566 g/mol. The average molecular weight is 567 g/mol. The van der Waals surface area contributed by atoms with Gasteiger partial charge in [-0.3, -0.25) is 14.6 Å². The van der Waals surface area contributed by atoms with Crippen LogP contribution in [0.5, 0.6) is 5.75 Å². The molecule has 0 unspecified atom stereocenters. The van der Waals surface area contributed by atoms with Crippen LogP contribution in [0.1, 0.15) is 40.1 Å². The standard InChI is InChI=1S/C29H34N4O6S/c1-19-8-10-23(11-9-19)40(37,38)32(4)17-26-20(2)16-33(21(3)18-34)29(36)24-6-5-7-25(27(24)39-26)31-28(35)22-12-14-30-15-13-22/h5-15,20-21,26,34H,16-18H2,1-4H3,(H,31,35)/t20-,21+,26-/m0/s1. The van der Waals surface area contributed by atoms with Crippen LogP contribution in [0.4, 0.5) is 5.69 Å². The van der Waals surface area contributed by atoms with Crippen LogP contribution in [0, 0.1) is 12.8 Å². The van der Waals surface area contributed by atoms with Crippen molar-refractivity contribution in [2.45, 2.75) is 37.8 Å². The topological polar surface area (TPSA) is 129 Å². The van der Waals surface area contributed by atoms with E-state index < -0.39 is 28.1 Å². The van der Waals surface area contributed by atoms with Gasteiger partial charge in [0.2, 0.25) is 10.0 Å². The summed E-state index contributed by atoms with van der Waals surface area (Å²) in [6.07, 6.45) is 2.31. The molecular formula is C29H34N4O6S. The van der Waals surface area contributed by atoms with Gasteiger partial charge in [0.25, 0.3) is 11.8 Å². The van der Waals surface area contributed by atoms with Crippen molar-refractivity contribution >= 4 is 27.5 Å². The number of sulfonamides is 1. The number of aryl methyl sites for hydroxylation is 1. The Kier molecular flexibility index (Phi) is 8.87. The van der Waals surface area contributed by atoms with E-state index in [1.807, 2.05) is 13.8 Å². The summed E-state index contributed by atoms with van der Waals surface area (Å²) >= 11 is 0. The number of amides is 2. The van der Waals surface area contributed by atoms with Crippen molar-refractivity contribution in [2.75, 3.05) is 32.1 Å². The van der Waals surface area contributed by atoms with Crippen molar-refractivity contribution in [1.29, 1.82) is 0 Å². The minimum atomic E-state index is -3.83. The molecule has 0 saturated heterocycles. The number of nitrogens with zero attached hydrogens (tertiary/aromatic N) is 3. The molecule has 2 amide bonds. The number of benzene rings is 2. The van der Waals surface area contributed by atoms with Crippen LogP contribution >= 0.6 is 0 Å². The SMILES string of the molecule is Cc1ccc(S(=O)(=O)N(C)C[C@@H]2Oc3c(NC(=O)c4ccncc4)cccc3C(=O)N([C@H](C)CO)C[C@@H]2C)cc1. The van der Waals surface area contributed by atoms with Crippen LogP contribution in [0.2, 0.25) is 0 Å². The molecule has 40 heavy (non-hydrogen) atoms. The average Bonchev–Trinajstić information content (AvgIpc) is 2.95. The third kappa shape index (κ3) is 6.16. The van der Waals surface area contributed by atoms with Gasteiger partial charge in [0.1, 0.15) is 6.10 Å². The molecule has 0 saturated carbocycles. The van der Waals surface area contributed by atoms with Crippen molar-refractivity contribution < 1.29 is 27.9 Å². The molecule has 2 aromatic carbocycles. The molecule has 212 valence electrons. The Balaban J connectivity index is 1.72. The van der Waals surface area contributed by atoms with Crippen LogP contribution in [0.3, 0.4) is 0 Å². The number of rotatable bonds is 8. The van der Waals surface area contributed by atoms with E-state index in [1.54, 1.807) is 66.4 Å². The van der Waals surface area contributed by atoms with E-state index in [4.69, 9.17) is 4.74 Å². The maximum atomic E-state index is 13.7. The highest BCUT2D eigenvalue weighted by molar-refractivity contribution is 7.89. The number of hydrogen-bond donors (Lipinski definition) is 2. The summed E-state index contributed by atoms with van der Waals surface area (Å²) in [5.41, 5.74) is 1.79. The van der Waals surface area contributed by atoms with Gasteiger partial charge in [-0.25, -0.2) is 8.42 Å². The van der Waals surface area contributed by atoms with Gasteiger partial charge in [0, 0.05) is 37.5 Å². The minimum Gasteiger partial charge on any atom is -0.486 e. The minimum absolute atomic E-state index is 0.0149. The molecule has 0 aliphatic carbocycles. The Hall–Kier alpha value is -3.80. The zero-order chi connectivity index (χ0) is 29.0. The second-order valence-corrected chi connectivity index (χ2v) is 12.1. The highest BCUT2D eigenvalue weighted by Gasteiger charge is 2.36. The zero-order valence-corrected chi connectivity index (χ0v) is 23.8. The Labute approximate surface area is 234 Å². The number of likely N-dealkylation sites (N-methyl/N-ethyl adjacent to an activating group) is 1. The van der Waals surface area contributed by atoms with Gasteiger partial charge >= 0.3 is 0 Å². The zero-order valence-electron chi connectivity index (χ0n) is 22.9. The Morgan fingerprint density at radius 3 is 2.50 bits per heavy atom. The Morgan fingerprint density at radius 1 is 1.18 bits per heavy atom. The summed E-state index contributed by atoms with van der Waals surface area (Å²) in [4.78, 5) is 32.3. The predicted molar refractivity (Wildman–Crippen MR) is 151 cm³/mol. The molecule has 11 heteroatoms. The smallest absolute Gasteiger partial charge is 0.258 e. The number of aromatic nitrogens is 1. The molecule has 1 aromatic heterocycles. The van der Waals surface area contributed by atoms with E-state index in [0.29, 0.717) is 5.56 Å². The molecular weight excluding hydrogens is 532 g/mol. The predicted octanol–water partition coefficient (Wildman–Crippen LogP) is 3.18. The number of pyridine rings is 1. The molecule has 0 radical (unpaired) electrons. The summed E-state index contributed by atoms with van der Waals surface area (Å²) < 4.78 is 34.4. The number of ether oxygens (including phenoxy) is 1. The summed E-state index contributed by atoms with van der Waals surface area (Å²) in [6.45, 7) is 5.46. The number of aliphatic hydroxyl groups is 1. The fraction of sp³-hybridized carbons (Fsp3) is 0.345. The van der Waals surface area contributed by atoms with Crippen LogP contribution in [0.15, 0.2) is 71.9 Å². The lowest BCUT2D eigenvalue weighted by Gasteiger charge is -2.38. The van der Waals surface area contributed by atoms with Gasteiger partial charge in [-0.15, -0.1) is 0 Å². The van der Waals surface area contributed by atoms with Crippen LogP contribution in [-0.2, 0) is 10.0 Å². The number of para-hydroxylation sites is 1. The van der Waals surface area contributed by atoms with Gasteiger partial charge in [-0.2, -0.15) is 4.31 Å². The van der Waals surface area contributed by atoms with E-state index >= 15 is 0 Å². The van der Waals surface area contributed by atoms with Gasteiger partial charge in [0.15, 0.2) is 5.75 Å². The number of fused-ring (bicyclic) bond motifs is 1. The second-order valence-electron chi connectivity index (χ2n) is 10.1. The first kappa shape index (κ1) is 29.2. The first-order valence-electron chi connectivity index (χ1n) is 13.0. The molecule has 1 aliphatic rings. The molecule has 2 heterocycles. The first-order valence-corrected chi connectivity index (χ1v) is 14.4. The lowest BCUT2D eigenvalue weighted by atomic mass is 9.99. The summed E-state index contributed by atoms with van der Waals surface area (Å²) in [5.74, 6) is -0.964. The van der Waals surface area contributed by atoms with Crippen LogP contribution < -0.4 is 10.1 Å². The van der Waals surface area contributed by atoms with E-state index in [0.717, 1.165) is 5.56 Å². The van der Waals surface area contributed by atoms with Crippen molar-refractivity contribution in [3.05, 3.63) is 83.7 Å². The number of anilines is 1. The van der Waals surface area contributed by atoms with Crippen molar-refractivity contribution in [3.8, 4) is 5.75 Å². The number of carbonyl (C=O) groups is 2. The van der Waals surface area contributed by atoms with Gasteiger partial charge in [0.05, 0.1) is 35.3 Å². The van der Waals surface area contributed by atoms with Gasteiger partial charge < -0.3 is 20.1 Å². The molecule has 2 N–H and O–H groups in total. The fourth-order valence-electron chi connectivity index (χ4n) is 4.50. The van der Waals surface area contributed by atoms with Crippen molar-refractivity contribution in [3.63, 3.8) is 0 Å². The molecule has 0 fully saturated rings. The van der Waals surface area contributed by atoms with E-state index in [2.05, 4.69) is 10.3 Å². The maximum Gasteiger partial charge on any atom is 0.258 e. The number of nitrogens with one attached hydrogen (secondary N) is 1. The van der Waals surface area contributed by atoms with Gasteiger partial charge in [-0.1, -0.05) is 30.7 Å². The van der Waals surface area contributed by atoms with Gasteiger partial charge in [-0.05, 0) is 50.2 Å². The molecule has 10 nitrogen and oxygen atoms in total. The summed E-state index contributed by atoms with van der Waals surface area (Å²) in [5, 5.41) is 12.7. The third-order valence-corrected chi connectivity index (χ3v) is 8.89.